The Balaban J connectivity index is 1.70. The molecule has 3 aromatic rings. The number of imide groups is 1. The van der Waals surface area contributed by atoms with E-state index < -0.39 is 17.8 Å². The zero-order valence-electron chi connectivity index (χ0n) is 13.9. The minimum Gasteiger partial charge on any atom is -0.423 e. The van der Waals surface area contributed by atoms with Gasteiger partial charge in [-0.15, -0.1) is 0 Å². The number of amides is 2. The lowest BCUT2D eigenvalue weighted by molar-refractivity contribution is 0.0735. The van der Waals surface area contributed by atoms with Crippen LogP contribution in [0.25, 0.3) is 0 Å². The Morgan fingerprint density at radius 3 is 1.96 bits per heavy atom. The molecule has 1 heterocycles. The fraction of sp³-hybridized carbons (Fsp3) is 0. The summed E-state index contributed by atoms with van der Waals surface area (Å²) < 4.78 is 6.25. The Morgan fingerprint density at radius 1 is 0.778 bits per heavy atom. The molecular weight excluding hydrogens is 410 g/mol. The Kier molecular flexibility index (Phi) is 4.33. The van der Waals surface area contributed by atoms with Crippen molar-refractivity contribution in [2.45, 2.75) is 0 Å². The molecule has 0 aromatic heterocycles. The molecule has 0 N–H and O–H groups in total. The first-order valence-corrected chi connectivity index (χ1v) is 8.90. The molecule has 0 atom stereocenters. The molecule has 5 nitrogen and oxygen atoms in total. The molecule has 132 valence electrons. The highest BCUT2D eigenvalue weighted by molar-refractivity contribution is 9.10. The number of hydrogen-bond acceptors (Lipinski definition) is 4. The van der Waals surface area contributed by atoms with E-state index in [0.29, 0.717) is 16.9 Å². The van der Waals surface area contributed by atoms with Gasteiger partial charge in [0.05, 0.1) is 22.4 Å². The molecule has 0 fully saturated rings. The van der Waals surface area contributed by atoms with E-state index in [2.05, 4.69) is 15.9 Å². The molecule has 4 rings (SSSR count). The molecule has 0 radical (unpaired) electrons. The minimum absolute atomic E-state index is 0.134. The quantitative estimate of drug-likeness (QED) is 0.355. The standard InChI is InChI=1S/C21H12BrNO4/c22-13-9-11-14(12-10-13)27-21(26)17-7-3-4-8-18(17)23-19(24)15-5-1-2-6-16(15)20(23)25/h1-12H. The van der Waals surface area contributed by atoms with Crippen LogP contribution < -0.4 is 9.64 Å². The number of ether oxygens (including phenoxy) is 1. The lowest BCUT2D eigenvalue weighted by Gasteiger charge is -2.17. The van der Waals surface area contributed by atoms with Crippen molar-refractivity contribution in [1.82, 2.24) is 0 Å². The Labute approximate surface area is 163 Å². The van der Waals surface area contributed by atoms with E-state index in [1.807, 2.05) is 0 Å². The molecule has 0 aliphatic carbocycles. The minimum atomic E-state index is -0.649. The van der Waals surface area contributed by atoms with Crippen LogP contribution in [0.2, 0.25) is 0 Å². The second-order valence-electron chi connectivity index (χ2n) is 5.85. The van der Waals surface area contributed by atoms with E-state index >= 15 is 0 Å². The maximum absolute atomic E-state index is 12.7. The van der Waals surface area contributed by atoms with Gasteiger partial charge in [0.1, 0.15) is 5.75 Å². The van der Waals surface area contributed by atoms with Crippen LogP contribution in [0.4, 0.5) is 5.69 Å². The zero-order valence-corrected chi connectivity index (χ0v) is 15.5. The first-order valence-electron chi connectivity index (χ1n) is 8.11. The molecule has 1 aliphatic rings. The number of benzene rings is 3. The number of halogens is 1. The first kappa shape index (κ1) is 17.2. The molecule has 0 saturated heterocycles. The van der Waals surface area contributed by atoms with Crippen LogP contribution in [0.5, 0.6) is 5.75 Å². The van der Waals surface area contributed by atoms with E-state index in [-0.39, 0.29) is 11.3 Å². The number of para-hydroxylation sites is 1. The van der Waals surface area contributed by atoms with Gasteiger partial charge < -0.3 is 4.74 Å². The second-order valence-corrected chi connectivity index (χ2v) is 6.77. The van der Waals surface area contributed by atoms with Crippen LogP contribution >= 0.6 is 15.9 Å². The maximum Gasteiger partial charge on any atom is 0.345 e. The Hall–Kier alpha value is -3.25. The fourth-order valence-corrected chi connectivity index (χ4v) is 3.18. The van der Waals surface area contributed by atoms with Gasteiger partial charge in [-0.2, -0.15) is 0 Å². The van der Waals surface area contributed by atoms with Crippen molar-refractivity contribution in [3.63, 3.8) is 0 Å². The molecule has 2 amide bonds. The third kappa shape index (κ3) is 3.04. The van der Waals surface area contributed by atoms with Gasteiger partial charge in [0.15, 0.2) is 0 Å². The molecule has 0 spiro atoms. The SMILES string of the molecule is O=C(Oc1ccc(Br)cc1)c1ccccc1N1C(=O)c2ccccc2C1=O. The van der Waals surface area contributed by atoms with Crippen LogP contribution in [-0.4, -0.2) is 17.8 Å². The van der Waals surface area contributed by atoms with E-state index in [1.54, 1.807) is 66.7 Å². The maximum atomic E-state index is 12.7. The van der Waals surface area contributed by atoms with Gasteiger partial charge in [-0.1, -0.05) is 40.2 Å². The van der Waals surface area contributed by atoms with Crippen molar-refractivity contribution < 1.29 is 19.1 Å². The molecule has 6 heteroatoms. The van der Waals surface area contributed by atoms with Gasteiger partial charge in [0, 0.05) is 4.47 Å². The number of fused-ring (bicyclic) bond motifs is 1. The van der Waals surface area contributed by atoms with E-state index in [9.17, 15) is 14.4 Å². The lowest BCUT2D eigenvalue weighted by Crippen LogP contribution is -2.31. The molecule has 1 aliphatic heterocycles. The van der Waals surface area contributed by atoms with Gasteiger partial charge in [-0.3, -0.25) is 9.59 Å². The lowest BCUT2D eigenvalue weighted by atomic mass is 10.1. The van der Waals surface area contributed by atoms with Gasteiger partial charge in [-0.25, -0.2) is 9.69 Å². The molecule has 0 saturated carbocycles. The van der Waals surface area contributed by atoms with Crippen molar-refractivity contribution in [2.75, 3.05) is 4.90 Å². The summed E-state index contributed by atoms with van der Waals surface area (Å²) in [5.41, 5.74) is 0.970. The first-order chi connectivity index (χ1) is 13.1. The average Bonchev–Trinajstić information content (AvgIpc) is 2.94. The topological polar surface area (TPSA) is 63.7 Å². The number of nitrogens with zero attached hydrogens (tertiary/aromatic N) is 1. The van der Waals surface area contributed by atoms with Gasteiger partial charge in [0.2, 0.25) is 0 Å². The van der Waals surface area contributed by atoms with Crippen molar-refractivity contribution in [3.05, 3.63) is 94.0 Å². The highest BCUT2D eigenvalue weighted by Crippen LogP contribution is 2.31. The third-order valence-corrected chi connectivity index (χ3v) is 4.71. The third-order valence-electron chi connectivity index (χ3n) is 4.18. The van der Waals surface area contributed by atoms with Crippen molar-refractivity contribution in [3.8, 4) is 5.75 Å². The van der Waals surface area contributed by atoms with E-state index in [0.717, 1.165) is 9.37 Å². The van der Waals surface area contributed by atoms with Gasteiger partial charge in [0.25, 0.3) is 11.8 Å². The summed E-state index contributed by atoms with van der Waals surface area (Å²) in [7, 11) is 0. The van der Waals surface area contributed by atoms with Gasteiger partial charge >= 0.3 is 5.97 Å². The summed E-state index contributed by atoms with van der Waals surface area (Å²) >= 11 is 3.32. The van der Waals surface area contributed by atoms with E-state index in [4.69, 9.17) is 4.74 Å². The second kappa shape index (κ2) is 6.81. The van der Waals surface area contributed by atoms with Crippen LogP contribution in [-0.2, 0) is 0 Å². The largest absolute Gasteiger partial charge is 0.423 e. The monoisotopic (exact) mass is 421 g/mol. The molecule has 0 unspecified atom stereocenters. The highest BCUT2D eigenvalue weighted by Gasteiger charge is 2.38. The van der Waals surface area contributed by atoms with Crippen molar-refractivity contribution >= 4 is 39.4 Å². The predicted octanol–water partition coefficient (Wildman–Crippen LogP) is 4.47. The summed E-state index contributed by atoms with van der Waals surface area (Å²) in [6.07, 6.45) is 0. The highest BCUT2D eigenvalue weighted by atomic mass is 79.9. The average molecular weight is 422 g/mol. The molecular formula is C21H12BrNO4. The number of carbonyl (C=O) groups is 3. The summed E-state index contributed by atoms with van der Waals surface area (Å²) in [5.74, 6) is -1.20. The number of anilines is 1. The summed E-state index contributed by atoms with van der Waals surface area (Å²) in [5, 5.41) is 0. The van der Waals surface area contributed by atoms with E-state index in [1.165, 1.54) is 6.07 Å². The summed E-state index contributed by atoms with van der Waals surface area (Å²) in [4.78, 5) is 39.1. The van der Waals surface area contributed by atoms with Crippen LogP contribution in [0.1, 0.15) is 31.1 Å². The smallest absolute Gasteiger partial charge is 0.345 e. The van der Waals surface area contributed by atoms with Crippen LogP contribution in [0.3, 0.4) is 0 Å². The summed E-state index contributed by atoms with van der Waals surface area (Å²) in [6.45, 7) is 0. The fourth-order valence-electron chi connectivity index (χ4n) is 2.91. The van der Waals surface area contributed by atoms with Gasteiger partial charge in [-0.05, 0) is 48.5 Å². The van der Waals surface area contributed by atoms with Crippen LogP contribution in [0.15, 0.2) is 77.3 Å². The van der Waals surface area contributed by atoms with Crippen molar-refractivity contribution in [1.29, 1.82) is 0 Å². The van der Waals surface area contributed by atoms with Crippen molar-refractivity contribution in [2.24, 2.45) is 0 Å². The Morgan fingerprint density at radius 2 is 1.33 bits per heavy atom. The molecule has 27 heavy (non-hydrogen) atoms. The van der Waals surface area contributed by atoms with Crippen LogP contribution in [0, 0.1) is 0 Å². The predicted molar refractivity (Wildman–Crippen MR) is 103 cm³/mol. The number of carbonyl (C=O) groups excluding carboxylic acids is 3. The Bertz CT molecular complexity index is 1040. The summed E-state index contributed by atoms with van der Waals surface area (Å²) in [6, 6.07) is 19.8. The molecule has 0 bridgehead atoms. The molecule has 3 aromatic carbocycles. The number of hydrogen-bond donors (Lipinski definition) is 0. The number of rotatable bonds is 3. The zero-order chi connectivity index (χ0) is 19.0. The number of esters is 1. The normalized spacial score (nSPS) is 12.9.